The lowest BCUT2D eigenvalue weighted by Gasteiger charge is -2.31. The average molecular weight is 288 g/mol. The van der Waals surface area contributed by atoms with Crippen LogP contribution < -0.4 is 0 Å². The number of carbonyl (C=O) groups excluding carboxylic acids is 1. The van der Waals surface area contributed by atoms with Crippen LogP contribution >= 0.6 is 22.9 Å². The number of hydrogen-bond acceptors (Lipinski definition) is 4. The normalized spacial score (nSPS) is 25.6. The second-order valence-corrected chi connectivity index (χ2v) is 6.46. The van der Waals surface area contributed by atoms with Crippen molar-refractivity contribution < 1.29 is 9.53 Å². The van der Waals surface area contributed by atoms with Crippen molar-refractivity contribution in [1.82, 2.24) is 4.90 Å². The molecule has 0 saturated carbocycles. The number of carbonyl (C=O) groups is 1. The Balaban J connectivity index is 2.06. The molecule has 0 bridgehead atoms. The lowest BCUT2D eigenvalue weighted by Crippen LogP contribution is -2.45. The molecule has 0 spiro atoms. The zero-order chi connectivity index (χ0) is 13.3. The van der Waals surface area contributed by atoms with Crippen molar-refractivity contribution in [3.8, 4) is 0 Å². The molecule has 5 heteroatoms. The third-order valence-electron chi connectivity index (χ3n) is 3.67. The van der Waals surface area contributed by atoms with Crippen LogP contribution in [0.25, 0.3) is 0 Å². The third kappa shape index (κ3) is 2.77. The summed E-state index contributed by atoms with van der Waals surface area (Å²) < 4.78 is 6.21. The van der Waals surface area contributed by atoms with Crippen LogP contribution in [0.4, 0.5) is 0 Å². The third-order valence-corrected chi connectivity index (χ3v) is 4.91. The van der Waals surface area contributed by atoms with Crippen molar-refractivity contribution in [2.75, 3.05) is 13.7 Å². The molecule has 18 heavy (non-hydrogen) atoms. The lowest BCUT2D eigenvalue weighted by atomic mass is 10.1. The fraction of sp³-hybridized carbons (Fsp3) is 0.615. The molecule has 3 unspecified atom stereocenters. The molecule has 2 rings (SSSR count). The standard InChI is InChI=1S/C13H18ClNO2S/c1-8(13(16)11-4-5-12(14)18-11)15(3)10-6-7-17-9(10)2/h4-5,8-10H,6-7H2,1-3H3. The Bertz CT molecular complexity index is 434. The summed E-state index contributed by atoms with van der Waals surface area (Å²) >= 11 is 7.21. The summed E-state index contributed by atoms with van der Waals surface area (Å²) in [5.41, 5.74) is 0. The van der Waals surface area contributed by atoms with Gasteiger partial charge in [-0.3, -0.25) is 9.69 Å². The van der Waals surface area contributed by atoms with Crippen LogP contribution in [0.1, 0.15) is 29.9 Å². The molecule has 0 radical (unpaired) electrons. The first-order valence-electron chi connectivity index (χ1n) is 6.13. The van der Waals surface area contributed by atoms with Gasteiger partial charge in [-0.1, -0.05) is 11.6 Å². The molecule has 1 aromatic heterocycles. The molecule has 3 nitrogen and oxygen atoms in total. The van der Waals surface area contributed by atoms with Crippen LogP contribution in [-0.4, -0.2) is 42.5 Å². The van der Waals surface area contributed by atoms with Gasteiger partial charge < -0.3 is 4.74 Å². The summed E-state index contributed by atoms with van der Waals surface area (Å²) in [4.78, 5) is 15.2. The summed E-state index contributed by atoms with van der Waals surface area (Å²) in [6.07, 6.45) is 1.18. The highest BCUT2D eigenvalue weighted by Gasteiger charge is 2.33. The Morgan fingerprint density at radius 1 is 1.61 bits per heavy atom. The van der Waals surface area contributed by atoms with E-state index in [0.717, 1.165) is 17.9 Å². The number of hydrogen-bond donors (Lipinski definition) is 0. The fourth-order valence-electron chi connectivity index (χ4n) is 2.38. The predicted octanol–water partition coefficient (Wildman–Crippen LogP) is 3.08. The number of ketones is 1. The van der Waals surface area contributed by atoms with Crippen LogP contribution in [0.2, 0.25) is 4.34 Å². The van der Waals surface area contributed by atoms with Gasteiger partial charge in [-0.2, -0.15) is 0 Å². The first-order valence-corrected chi connectivity index (χ1v) is 7.33. The van der Waals surface area contributed by atoms with Crippen molar-refractivity contribution in [2.45, 2.75) is 38.5 Å². The minimum absolute atomic E-state index is 0.133. The zero-order valence-corrected chi connectivity index (χ0v) is 12.4. The van der Waals surface area contributed by atoms with Crippen molar-refractivity contribution in [2.24, 2.45) is 0 Å². The molecule has 0 N–H and O–H groups in total. The highest BCUT2D eigenvalue weighted by atomic mass is 35.5. The molecule has 0 amide bonds. The van der Waals surface area contributed by atoms with Crippen molar-refractivity contribution in [1.29, 1.82) is 0 Å². The smallest absolute Gasteiger partial charge is 0.189 e. The molecule has 1 saturated heterocycles. The second-order valence-electron chi connectivity index (χ2n) is 4.74. The van der Waals surface area contributed by atoms with E-state index in [0.29, 0.717) is 10.4 Å². The van der Waals surface area contributed by atoms with E-state index >= 15 is 0 Å². The van der Waals surface area contributed by atoms with Gasteiger partial charge in [0.1, 0.15) is 0 Å². The Kier molecular flexibility index (Phi) is 4.43. The summed E-state index contributed by atoms with van der Waals surface area (Å²) in [6.45, 7) is 4.79. The number of thiophene rings is 1. The minimum atomic E-state index is -0.145. The van der Waals surface area contributed by atoms with Gasteiger partial charge in [-0.15, -0.1) is 11.3 Å². The second kappa shape index (κ2) is 5.70. The van der Waals surface area contributed by atoms with Crippen LogP contribution in [0.3, 0.4) is 0 Å². The Morgan fingerprint density at radius 3 is 2.83 bits per heavy atom. The molecule has 100 valence electrons. The number of likely N-dealkylation sites (N-methyl/N-ethyl adjacent to an activating group) is 1. The first-order chi connectivity index (χ1) is 8.50. The van der Waals surface area contributed by atoms with Gasteiger partial charge in [-0.25, -0.2) is 0 Å². The highest BCUT2D eigenvalue weighted by Crippen LogP contribution is 2.26. The molecule has 2 heterocycles. The zero-order valence-electron chi connectivity index (χ0n) is 10.9. The van der Waals surface area contributed by atoms with Gasteiger partial charge in [0.25, 0.3) is 0 Å². The number of halogens is 1. The molecular weight excluding hydrogens is 270 g/mol. The lowest BCUT2D eigenvalue weighted by molar-refractivity contribution is 0.0608. The van der Waals surface area contributed by atoms with E-state index in [2.05, 4.69) is 11.8 Å². The van der Waals surface area contributed by atoms with Crippen molar-refractivity contribution in [3.05, 3.63) is 21.3 Å². The topological polar surface area (TPSA) is 29.5 Å². The van der Waals surface area contributed by atoms with Crippen LogP contribution in [0.15, 0.2) is 12.1 Å². The molecule has 1 aromatic rings. The van der Waals surface area contributed by atoms with Gasteiger partial charge in [-0.05, 0) is 39.4 Å². The van der Waals surface area contributed by atoms with Crippen LogP contribution in [0, 0.1) is 0 Å². The monoisotopic (exact) mass is 287 g/mol. The van der Waals surface area contributed by atoms with Gasteiger partial charge in [0.15, 0.2) is 5.78 Å². The van der Waals surface area contributed by atoms with Gasteiger partial charge in [0.2, 0.25) is 0 Å². The molecule has 3 atom stereocenters. The van der Waals surface area contributed by atoms with Crippen LogP contribution in [-0.2, 0) is 4.74 Å². The maximum atomic E-state index is 12.3. The van der Waals surface area contributed by atoms with E-state index in [9.17, 15) is 4.79 Å². The maximum absolute atomic E-state index is 12.3. The first kappa shape index (κ1) is 14.0. The van der Waals surface area contributed by atoms with E-state index in [1.807, 2.05) is 14.0 Å². The van der Waals surface area contributed by atoms with Gasteiger partial charge in [0, 0.05) is 12.6 Å². The number of rotatable bonds is 4. The fourth-order valence-corrected chi connectivity index (χ4v) is 3.45. The molecule has 1 aliphatic rings. The predicted molar refractivity (Wildman–Crippen MR) is 74.7 cm³/mol. The highest BCUT2D eigenvalue weighted by molar-refractivity contribution is 7.18. The van der Waals surface area contributed by atoms with Crippen molar-refractivity contribution >= 4 is 28.7 Å². The Labute approximate surface area is 117 Å². The van der Waals surface area contributed by atoms with E-state index in [1.165, 1.54) is 11.3 Å². The quantitative estimate of drug-likeness (QED) is 0.797. The van der Waals surface area contributed by atoms with E-state index < -0.39 is 0 Å². The summed E-state index contributed by atoms with van der Waals surface area (Å²) in [5, 5.41) is 0. The summed E-state index contributed by atoms with van der Waals surface area (Å²) in [5.74, 6) is 0.133. The average Bonchev–Trinajstić information content (AvgIpc) is 2.95. The SMILES string of the molecule is CC1OCCC1N(C)C(C)C(=O)c1ccc(Cl)s1. The van der Waals surface area contributed by atoms with Crippen molar-refractivity contribution in [3.63, 3.8) is 0 Å². The molecule has 0 aromatic carbocycles. The van der Waals surface area contributed by atoms with E-state index in [-0.39, 0.29) is 17.9 Å². The van der Waals surface area contributed by atoms with Crippen LogP contribution in [0.5, 0.6) is 0 Å². The van der Waals surface area contributed by atoms with E-state index in [4.69, 9.17) is 16.3 Å². The summed E-state index contributed by atoms with van der Waals surface area (Å²) in [7, 11) is 1.99. The molecule has 1 fully saturated rings. The number of ether oxygens (including phenoxy) is 1. The summed E-state index contributed by atoms with van der Waals surface area (Å²) in [6, 6.07) is 3.75. The Hall–Kier alpha value is -0.420. The number of Topliss-reactive ketones (excluding diaryl/α,β-unsaturated/α-hetero) is 1. The minimum Gasteiger partial charge on any atom is -0.377 e. The largest absolute Gasteiger partial charge is 0.377 e. The Morgan fingerprint density at radius 2 is 2.33 bits per heavy atom. The maximum Gasteiger partial charge on any atom is 0.189 e. The number of nitrogens with zero attached hydrogens (tertiary/aromatic N) is 1. The molecular formula is C13H18ClNO2S. The van der Waals surface area contributed by atoms with E-state index in [1.54, 1.807) is 12.1 Å². The van der Waals surface area contributed by atoms with Gasteiger partial charge >= 0.3 is 0 Å². The molecule has 1 aliphatic heterocycles. The molecule has 0 aliphatic carbocycles. The van der Waals surface area contributed by atoms with Gasteiger partial charge in [0.05, 0.1) is 21.4 Å².